The normalized spacial score (nSPS) is 10.4. The van der Waals surface area contributed by atoms with Crippen LogP contribution in [0.4, 0.5) is 5.82 Å². The maximum atomic E-state index is 5.68. The molecule has 0 radical (unpaired) electrons. The minimum Gasteiger partial charge on any atom is -0.355 e. The number of aryl methyl sites for hydroxylation is 1. The van der Waals surface area contributed by atoms with Gasteiger partial charge < -0.3 is 10.6 Å². The highest BCUT2D eigenvalue weighted by Gasteiger charge is 2.05. The zero-order chi connectivity index (χ0) is 13.0. The van der Waals surface area contributed by atoms with Gasteiger partial charge in [0.25, 0.3) is 0 Å². The van der Waals surface area contributed by atoms with Gasteiger partial charge in [0, 0.05) is 38.2 Å². The first-order valence-corrected chi connectivity index (χ1v) is 5.96. The van der Waals surface area contributed by atoms with Crippen LogP contribution in [0.3, 0.4) is 0 Å². The average molecular weight is 242 g/mol. The van der Waals surface area contributed by atoms with E-state index in [1.54, 1.807) is 6.20 Å². The molecular formula is C14H18N4. The smallest absolute Gasteiger partial charge is 0.129 e. The van der Waals surface area contributed by atoms with Crippen LogP contribution in [0, 0.1) is 6.92 Å². The Bertz CT molecular complexity index is 510. The molecule has 18 heavy (non-hydrogen) atoms. The summed E-state index contributed by atoms with van der Waals surface area (Å²) in [5, 5.41) is 0. The van der Waals surface area contributed by atoms with Crippen LogP contribution in [0.2, 0.25) is 0 Å². The standard InChI is InChI=1S/C14H18N4/c1-11-6-13(8-15)7-14(17-11)18(2)10-12-4-3-5-16-9-12/h3-7,9H,8,10,15H2,1-2H3. The number of aromatic nitrogens is 2. The second-order valence-corrected chi connectivity index (χ2v) is 4.40. The predicted octanol–water partition coefficient (Wildman–Crippen LogP) is 1.88. The fraction of sp³-hybridized carbons (Fsp3) is 0.286. The quantitative estimate of drug-likeness (QED) is 0.889. The summed E-state index contributed by atoms with van der Waals surface area (Å²) in [5.74, 6) is 0.944. The minimum absolute atomic E-state index is 0.539. The molecule has 0 aliphatic heterocycles. The monoisotopic (exact) mass is 242 g/mol. The summed E-state index contributed by atoms with van der Waals surface area (Å²) < 4.78 is 0. The lowest BCUT2D eigenvalue weighted by molar-refractivity contribution is 0.880. The van der Waals surface area contributed by atoms with Crippen LogP contribution in [0.1, 0.15) is 16.8 Å². The Hall–Kier alpha value is -1.94. The number of hydrogen-bond acceptors (Lipinski definition) is 4. The molecule has 0 saturated heterocycles. The predicted molar refractivity (Wildman–Crippen MR) is 73.2 cm³/mol. The van der Waals surface area contributed by atoms with Gasteiger partial charge in [-0.3, -0.25) is 4.98 Å². The topological polar surface area (TPSA) is 55.0 Å². The zero-order valence-corrected chi connectivity index (χ0v) is 10.8. The molecule has 0 aromatic carbocycles. The van der Waals surface area contributed by atoms with E-state index in [2.05, 4.69) is 20.9 Å². The molecule has 4 nitrogen and oxygen atoms in total. The molecule has 0 bridgehead atoms. The summed E-state index contributed by atoms with van der Waals surface area (Å²) in [7, 11) is 2.02. The van der Waals surface area contributed by atoms with E-state index in [1.807, 2.05) is 38.4 Å². The molecule has 94 valence electrons. The number of nitrogens with two attached hydrogens (primary N) is 1. The molecule has 0 fully saturated rings. The summed E-state index contributed by atoms with van der Waals surface area (Å²) in [5.41, 5.74) is 8.95. The van der Waals surface area contributed by atoms with Gasteiger partial charge in [0.15, 0.2) is 0 Å². The fourth-order valence-corrected chi connectivity index (χ4v) is 1.88. The van der Waals surface area contributed by atoms with Gasteiger partial charge in [-0.05, 0) is 36.2 Å². The SMILES string of the molecule is Cc1cc(CN)cc(N(C)Cc2cccnc2)n1. The number of pyridine rings is 2. The zero-order valence-electron chi connectivity index (χ0n) is 10.8. The van der Waals surface area contributed by atoms with Crippen molar-refractivity contribution in [2.75, 3.05) is 11.9 Å². The molecule has 0 atom stereocenters. The average Bonchev–Trinajstić information content (AvgIpc) is 2.39. The Labute approximate surface area is 107 Å². The second-order valence-electron chi connectivity index (χ2n) is 4.40. The van der Waals surface area contributed by atoms with Crippen LogP contribution in [0.15, 0.2) is 36.7 Å². The van der Waals surface area contributed by atoms with Gasteiger partial charge in [-0.1, -0.05) is 6.07 Å². The van der Waals surface area contributed by atoms with Crippen LogP contribution in [0.5, 0.6) is 0 Å². The van der Waals surface area contributed by atoms with Gasteiger partial charge in [-0.25, -0.2) is 4.98 Å². The minimum atomic E-state index is 0.539. The Balaban J connectivity index is 2.18. The highest BCUT2D eigenvalue weighted by molar-refractivity contribution is 5.42. The molecule has 0 spiro atoms. The Kier molecular flexibility index (Phi) is 3.89. The fourth-order valence-electron chi connectivity index (χ4n) is 1.88. The van der Waals surface area contributed by atoms with Gasteiger partial charge in [0.2, 0.25) is 0 Å². The van der Waals surface area contributed by atoms with Gasteiger partial charge in [0.05, 0.1) is 0 Å². The van der Waals surface area contributed by atoms with Crippen LogP contribution >= 0.6 is 0 Å². The van der Waals surface area contributed by atoms with Crippen molar-refractivity contribution in [1.29, 1.82) is 0 Å². The van der Waals surface area contributed by atoms with E-state index in [4.69, 9.17) is 5.73 Å². The number of anilines is 1. The van der Waals surface area contributed by atoms with Gasteiger partial charge in [-0.2, -0.15) is 0 Å². The highest BCUT2D eigenvalue weighted by atomic mass is 15.2. The molecule has 2 aromatic rings. The van der Waals surface area contributed by atoms with E-state index < -0.39 is 0 Å². The summed E-state index contributed by atoms with van der Waals surface area (Å²) in [6.45, 7) is 3.31. The molecule has 2 N–H and O–H groups in total. The summed E-state index contributed by atoms with van der Waals surface area (Å²) in [4.78, 5) is 10.7. The van der Waals surface area contributed by atoms with E-state index >= 15 is 0 Å². The third kappa shape index (κ3) is 3.05. The summed E-state index contributed by atoms with van der Waals surface area (Å²) in [6, 6.07) is 8.05. The van der Waals surface area contributed by atoms with Crippen molar-refractivity contribution in [3.8, 4) is 0 Å². The molecule has 0 saturated carbocycles. The van der Waals surface area contributed by atoms with Crippen molar-refractivity contribution in [3.63, 3.8) is 0 Å². The molecule has 2 aromatic heterocycles. The first-order chi connectivity index (χ1) is 8.69. The van der Waals surface area contributed by atoms with Gasteiger partial charge in [-0.15, -0.1) is 0 Å². The van der Waals surface area contributed by atoms with Crippen LogP contribution < -0.4 is 10.6 Å². The Morgan fingerprint density at radius 1 is 1.28 bits per heavy atom. The molecule has 0 aliphatic carbocycles. The van der Waals surface area contributed by atoms with Crippen molar-refractivity contribution in [2.24, 2.45) is 5.73 Å². The van der Waals surface area contributed by atoms with E-state index in [1.165, 1.54) is 0 Å². The third-order valence-electron chi connectivity index (χ3n) is 2.77. The maximum Gasteiger partial charge on any atom is 0.129 e. The molecule has 0 aliphatic rings. The molecule has 2 heterocycles. The van der Waals surface area contributed by atoms with Gasteiger partial charge >= 0.3 is 0 Å². The van der Waals surface area contributed by atoms with E-state index in [0.717, 1.165) is 29.2 Å². The van der Waals surface area contributed by atoms with Crippen LogP contribution in [-0.2, 0) is 13.1 Å². The van der Waals surface area contributed by atoms with E-state index in [9.17, 15) is 0 Å². The van der Waals surface area contributed by atoms with E-state index in [-0.39, 0.29) is 0 Å². The molecule has 0 unspecified atom stereocenters. The highest BCUT2D eigenvalue weighted by Crippen LogP contribution is 2.15. The van der Waals surface area contributed by atoms with E-state index in [0.29, 0.717) is 6.54 Å². The third-order valence-corrected chi connectivity index (χ3v) is 2.77. The van der Waals surface area contributed by atoms with Crippen molar-refractivity contribution in [2.45, 2.75) is 20.0 Å². The van der Waals surface area contributed by atoms with Crippen LogP contribution in [-0.4, -0.2) is 17.0 Å². The van der Waals surface area contributed by atoms with Crippen molar-refractivity contribution < 1.29 is 0 Å². The number of hydrogen-bond donors (Lipinski definition) is 1. The van der Waals surface area contributed by atoms with Gasteiger partial charge in [0.1, 0.15) is 5.82 Å². The largest absolute Gasteiger partial charge is 0.355 e. The first kappa shape index (κ1) is 12.5. The summed E-state index contributed by atoms with van der Waals surface area (Å²) in [6.07, 6.45) is 3.65. The number of nitrogens with zero attached hydrogens (tertiary/aromatic N) is 3. The number of rotatable bonds is 4. The molecule has 2 rings (SSSR count). The Morgan fingerprint density at radius 3 is 2.78 bits per heavy atom. The van der Waals surface area contributed by atoms with Crippen molar-refractivity contribution in [1.82, 2.24) is 9.97 Å². The first-order valence-electron chi connectivity index (χ1n) is 5.96. The van der Waals surface area contributed by atoms with Crippen molar-refractivity contribution in [3.05, 3.63) is 53.5 Å². The molecule has 0 amide bonds. The second kappa shape index (κ2) is 5.60. The van der Waals surface area contributed by atoms with Crippen molar-refractivity contribution >= 4 is 5.82 Å². The Morgan fingerprint density at radius 2 is 2.11 bits per heavy atom. The lowest BCUT2D eigenvalue weighted by Crippen LogP contribution is -2.18. The lowest BCUT2D eigenvalue weighted by atomic mass is 10.2. The lowest BCUT2D eigenvalue weighted by Gasteiger charge is -2.19. The molecule has 4 heteroatoms. The summed E-state index contributed by atoms with van der Waals surface area (Å²) >= 11 is 0. The maximum absolute atomic E-state index is 5.68. The molecular weight excluding hydrogens is 224 g/mol. The van der Waals surface area contributed by atoms with Crippen LogP contribution in [0.25, 0.3) is 0 Å².